The predicted octanol–water partition coefficient (Wildman–Crippen LogP) is 4.92. The van der Waals surface area contributed by atoms with Gasteiger partial charge in [-0.15, -0.1) is 0 Å². The SMILES string of the molecule is COc1cc(Cl)c(C)cc1NC(=O)COc1ncnc2c(Cl)cc(Cl)cc12. The normalized spacial score (nSPS) is 10.7. The van der Waals surface area contributed by atoms with Crippen LogP contribution in [0.5, 0.6) is 11.6 Å². The van der Waals surface area contributed by atoms with Gasteiger partial charge in [-0.1, -0.05) is 34.8 Å². The molecule has 0 bridgehead atoms. The van der Waals surface area contributed by atoms with Crippen LogP contribution < -0.4 is 14.8 Å². The molecule has 0 aliphatic rings. The van der Waals surface area contributed by atoms with Gasteiger partial charge >= 0.3 is 0 Å². The number of fused-ring (bicyclic) bond motifs is 1. The number of anilines is 1. The minimum atomic E-state index is -0.394. The van der Waals surface area contributed by atoms with Gasteiger partial charge in [-0.05, 0) is 30.7 Å². The Morgan fingerprint density at radius 1 is 1.11 bits per heavy atom. The highest BCUT2D eigenvalue weighted by Gasteiger charge is 2.14. The number of hydrogen-bond acceptors (Lipinski definition) is 5. The fourth-order valence-electron chi connectivity index (χ4n) is 2.43. The zero-order valence-electron chi connectivity index (χ0n) is 14.3. The van der Waals surface area contributed by atoms with E-state index in [1.165, 1.54) is 13.4 Å². The second-order valence-electron chi connectivity index (χ2n) is 5.60. The summed E-state index contributed by atoms with van der Waals surface area (Å²) in [4.78, 5) is 20.5. The topological polar surface area (TPSA) is 73.3 Å². The number of hydrogen-bond donors (Lipinski definition) is 1. The molecule has 0 radical (unpaired) electrons. The van der Waals surface area contributed by atoms with Gasteiger partial charge in [0.15, 0.2) is 6.61 Å². The fourth-order valence-corrected chi connectivity index (χ4v) is 3.13. The van der Waals surface area contributed by atoms with Crippen LogP contribution in [0.25, 0.3) is 10.9 Å². The number of aryl methyl sites for hydroxylation is 1. The molecular formula is C18H14Cl3N3O3. The van der Waals surface area contributed by atoms with Crippen molar-refractivity contribution in [1.82, 2.24) is 9.97 Å². The molecule has 0 aliphatic carbocycles. The van der Waals surface area contributed by atoms with Crippen LogP contribution in [-0.2, 0) is 4.79 Å². The Bertz CT molecular complexity index is 1030. The number of benzene rings is 2. The summed E-state index contributed by atoms with van der Waals surface area (Å²) >= 11 is 18.2. The van der Waals surface area contributed by atoms with Crippen molar-refractivity contribution < 1.29 is 14.3 Å². The minimum absolute atomic E-state index is 0.207. The number of ether oxygens (including phenoxy) is 2. The van der Waals surface area contributed by atoms with Crippen molar-refractivity contribution in [1.29, 1.82) is 0 Å². The maximum absolute atomic E-state index is 12.3. The second kappa shape index (κ2) is 8.17. The van der Waals surface area contributed by atoms with Crippen LogP contribution in [-0.4, -0.2) is 29.6 Å². The lowest BCUT2D eigenvalue weighted by Crippen LogP contribution is -2.21. The summed E-state index contributed by atoms with van der Waals surface area (Å²) in [7, 11) is 1.49. The van der Waals surface area contributed by atoms with Crippen molar-refractivity contribution in [3.63, 3.8) is 0 Å². The third kappa shape index (κ3) is 4.35. The van der Waals surface area contributed by atoms with Gasteiger partial charge in [0.1, 0.15) is 12.1 Å². The molecule has 27 heavy (non-hydrogen) atoms. The van der Waals surface area contributed by atoms with Gasteiger partial charge in [-0.3, -0.25) is 4.79 Å². The zero-order chi connectivity index (χ0) is 19.6. The van der Waals surface area contributed by atoms with E-state index < -0.39 is 5.91 Å². The van der Waals surface area contributed by atoms with E-state index in [1.54, 1.807) is 24.3 Å². The van der Waals surface area contributed by atoms with E-state index in [2.05, 4.69) is 15.3 Å². The Morgan fingerprint density at radius 3 is 2.63 bits per heavy atom. The van der Waals surface area contributed by atoms with E-state index >= 15 is 0 Å². The van der Waals surface area contributed by atoms with Crippen molar-refractivity contribution in [2.75, 3.05) is 19.0 Å². The number of carbonyl (C=O) groups excluding carboxylic acids is 1. The molecule has 0 fully saturated rings. The average molecular weight is 427 g/mol. The lowest BCUT2D eigenvalue weighted by atomic mass is 10.2. The third-order valence-electron chi connectivity index (χ3n) is 3.72. The average Bonchev–Trinajstić information content (AvgIpc) is 2.62. The van der Waals surface area contributed by atoms with Gasteiger partial charge in [-0.2, -0.15) is 0 Å². The first-order chi connectivity index (χ1) is 12.9. The summed E-state index contributed by atoms with van der Waals surface area (Å²) in [6.07, 6.45) is 1.31. The molecule has 1 heterocycles. The first-order valence-electron chi connectivity index (χ1n) is 7.75. The van der Waals surface area contributed by atoms with E-state index in [0.717, 1.165) is 5.56 Å². The van der Waals surface area contributed by atoms with Crippen molar-refractivity contribution in [2.24, 2.45) is 0 Å². The number of rotatable bonds is 5. The van der Waals surface area contributed by atoms with Gasteiger partial charge in [0.05, 0.1) is 28.7 Å². The maximum atomic E-state index is 12.3. The van der Waals surface area contributed by atoms with Crippen molar-refractivity contribution in [2.45, 2.75) is 6.92 Å². The highest BCUT2D eigenvalue weighted by atomic mass is 35.5. The molecular weight excluding hydrogens is 413 g/mol. The molecule has 140 valence electrons. The first-order valence-corrected chi connectivity index (χ1v) is 8.89. The minimum Gasteiger partial charge on any atom is -0.495 e. The lowest BCUT2D eigenvalue weighted by molar-refractivity contribution is -0.118. The summed E-state index contributed by atoms with van der Waals surface area (Å²) in [6.45, 7) is 1.55. The molecule has 0 saturated carbocycles. The van der Waals surface area contributed by atoms with Gasteiger partial charge in [0, 0.05) is 16.1 Å². The summed E-state index contributed by atoms with van der Waals surface area (Å²) in [6, 6.07) is 6.56. The smallest absolute Gasteiger partial charge is 0.262 e. The number of nitrogens with zero attached hydrogens (tertiary/aromatic N) is 2. The Hall–Kier alpha value is -2.28. The van der Waals surface area contributed by atoms with Crippen LogP contribution in [0.4, 0.5) is 5.69 Å². The van der Waals surface area contributed by atoms with Crippen LogP contribution in [0.1, 0.15) is 5.56 Å². The number of nitrogens with one attached hydrogen (secondary N) is 1. The van der Waals surface area contributed by atoms with Crippen LogP contribution >= 0.6 is 34.8 Å². The summed E-state index contributed by atoms with van der Waals surface area (Å²) in [5.74, 6) is 0.263. The maximum Gasteiger partial charge on any atom is 0.262 e. The first kappa shape index (κ1) is 19.5. The quantitative estimate of drug-likeness (QED) is 0.626. The fraction of sp³-hybridized carbons (Fsp3) is 0.167. The van der Waals surface area contributed by atoms with Crippen LogP contribution in [0.2, 0.25) is 15.1 Å². The Balaban J connectivity index is 1.77. The molecule has 1 aromatic heterocycles. The Morgan fingerprint density at radius 2 is 1.89 bits per heavy atom. The number of methoxy groups -OCH3 is 1. The standard InChI is InChI=1S/C18H14Cl3N3O3/c1-9-3-14(15(26-2)6-12(9)20)24-16(25)7-27-18-11-4-10(19)5-13(21)17(11)22-8-23-18/h3-6,8H,7H2,1-2H3,(H,24,25). The highest BCUT2D eigenvalue weighted by molar-refractivity contribution is 6.38. The monoisotopic (exact) mass is 425 g/mol. The van der Waals surface area contributed by atoms with Gasteiger partial charge in [-0.25, -0.2) is 9.97 Å². The van der Waals surface area contributed by atoms with Crippen LogP contribution in [0.3, 0.4) is 0 Å². The van der Waals surface area contributed by atoms with Crippen molar-refractivity contribution in [3.05, 3.63) is 51.2 Å². The second-order valence-corrected chi connectivity index (χ2v) is 6.85. The highest BCUT2D eigenvalue weighted by Crippen LogP contribution is 2.32. The van der Waals surface area contributed by atoms with Crippen LogP contribution in [0, 0.1) is 6.92 Å². The largest absolute Gasteiger partial charge is 0.495 e. The molecule has 6 nitrogen and oxygen atoms in total. The number of aromatic nitrogens is 2. The molecule has 3 aromatic rings. The van der Waals surface area contributed by atoms with Gasteiger partial charge in [0.2, 0.25) is 5.88 Å². The van der Waals surface area contributed by atoms with E-state index in [0.29, 0.717) is 37.4 Å². The number of halogens is 3. The zero-order valence-corrected chi connectivity index (χ0v) is 16.6. The molecule has 0 saturated heterocycles. The molecule has 9 heteroatoms. The van der Waals surface area contributed by atoms with E-state index in [4.69, 9.17) is 44.3 Å². The van der Waals surface area contributed by atoms with E-state index in [1.807, 2.05) is 6.92 Å². The Kier molecular flexibility index (Phi) is 5.89. The third-order valence-corrected chi connectivity index (χ3v) is 4.63. The predicted molar refractivity (Wildman–Crippen MR) is 106 cm³/mol. The van der Waals surface area contributed by atoms with Gasteiger partial charge < -0.3 is 14.8 Å². The molecule has 3 rings (SSSR count). The summed E-state index contributed by atoms with van der Waals surface area (Å²) in [5, 5.41) is 4.57. The molecule has 0 spiro atoms. The molecule has 0 unspecified atom stereocenters. The Labute approximate surface area is 170 Å². The molecule has 1 amide bonds. The van der Waals surface area contributed by atoms with Crippen molar-refractivity contribution in [3.8, 4) is 11.6 Å². The number of amides is 1. The van der Waals surface area contributed by atoms with Gasteiger partial charge in [0.25, 0.3) is 5.91 Å². The van der Waals surface area contributed by atoms with Crippen molar-refractivity contribution >= 4 is 57.3 Å². The lowest BCUT2D eigenvalue weighted by Gasteiger charge is -2.13. The molecule has 2 aromatic carbocycles. The summed E-state index contributed by atoms with van der Waals surface area (Å²) in [5.41, 5.74) is 1.79. The van der Waals surface area contributed by atoms with Crippen LogP contribution in [0.15, 0.2) is 30.6 Å². The molecule has 1 N–H and O–H groups in total. The number of carbonyl (C=O) groups is 1. The van der Waals surface area contributed by atoms with E-state index in [9.17, 15) is 4.79 Å². The molecule has 0 aliphatic heterocycles. The molecule has 0 atom stereocenters. The summed E-state index contributed by atoms with van der Waals surface area (Å²) < 4.78 is 10.8. The van der Waals surface area contributed by atoms with E-state index in [-0.39, 0.29) is 12.5 Å².